The fourth-order valence-electron chi connectivity index (χ4n) is 3.99. The lowest BCUT2D eigenvalue weighted by molar-refractivity contribution is -0.131. The molecule has 2 rings (SSSR count). The molecular weight excluding hydrogens is 336 g/mol. The first-order chi connectivity index (χ1) is 12.6. The molecule has 3 heteroatoms. The van der Waals surface area contributed by atoms with Crippen LogP contribution in [0.1, 0.15) is 70.1 Å². The second-order valence-corrected chi connectivity index (χ2v) is 8.65. The van der Waals surface area contributed by atoms with E-state index in [9.17, 15) is 4.79 Å². The molecule has 27 heavy (non-hydrogen) atoms. The summed E-state index contributed by atoms with van der Waals surface area (Å²) in [6.45, 7) is 13.8. The highest BCUT2D eigenvalue weighted by Gasteiger charge is 2.60. The van der Waals surface area contributed by atoms with Crippen LogP contribution in [0.25, 0.3) is 0 Å². The van der Waals surface area contributed by atoms with Crippen LogP contribution in [0.2, 0.25) is 0 Å². The molecule has 0 radical (unpaired) electrons. The molecule has 1 aromatic carbocycles. The summed E-state index contributed by atoms with van der Waals surface area (Å²) in [6, 6.07) is 7.04. The molecule has 0 aromatic heterocycles. The molecule has 0 amide bonds. The number of hydrogen-bond acceptors (Lipinski definition) is 2. The third-order valence-electron chi connectivity index (χ3n) is 5.98. The van der Waals surface area contributed by atoms with Crippen LogP contribution in [-0.2, 0) is 14.9 Å². The van der Waals surface area contributed by atoms with Gasteiger partial charge in [0.2, 0.25) is 0 Å². The van der Waals surface area contributed by atoms with Crippen molar-refractivity contribution in [2.75, 3.05) is 13.7 Å². The van der Waals surface area contributed by atoms with Gasteiger partial charge in [0, 0.05) is 18.6 Å². The Kier molecular flexibility index (Phi) is 6.69. The zero-order valence-corrected chi connectivity index (χ0v) is 17.7. The number of carboxylic acid groups (broad SMARTS) is 1. The summed E-state index contributed by atoms with van der Waals surface area (Å²) in [5.41, 5.74) is 4.90. The standard InChI is InChI=1S/C24H34O3/c1-15(2)18-11-19(16(3)4)13-20(12-18)24(6)21(22(24)14-27-7)9-8-17(5)10-23(25)26/h8-13,15-16,21-22H,14H2,1-7H3,(H,25,26)/b9-8+,17-10+/t21-,22-,24-/m1/s1. The number of carbonyl (C=O) groups is 1. The molecule has 0 aliphatic heterocycles. The number of aliphatic carboxylic acids is 1. The summed E-state index contributed by atoms with van der Waals surface area (Å²) >= 11 is 0. The van der Waals surface area contributed by atoms with Crippen molar-refractivity contribution in [1.82, 2.24) is 0 Å². The maximum atomic E-state index is 10.9. The van der Waals surface area contributed by atoms with Gasteiger partial charge in [0.25, 0.3) is 0 Å². The first kappa shape index (κ1) is 21.4. The van der Waals surface area contributed by atoms with E-state index in [1.165, 1.54) is 22.8 Å². The van der Waals surface area contributed by atoms with Crippen LogP contribution in [-0.4, -0.2) is 24.8 Å². The molecule has 0 spiro atoms. The normalized spacial score (nSPS) is 25.6. The Balaban J connectivity index is 2.42. The Morgan fingerprint density at radius 2 is 1.74 bits per heavy atom. The zero-order chi connectivity index (χ0) is 20.4. The molecule has 0 unspecified atom stereocenters. The minimum absolute atomic E-state index is 0.0184. The first-order valence-electron chi connectivity index (χ1n) is 9.85. The smallest absolute Gasteiger partial charge is 0.328 e. The van der Waals surface area contributed by atoms with E-state index in [1.807, 2.05) is 13.0 Å². The van der Waals surface area contributed by atoms with Crippen molar-refractivity contribution in [3.63, 3.8) is 0 Å². The molecule has 0 bridgehead atoms. The van der Waals surface area contributed by atoms with Gasteiger partial charge in [-0.2, -0.15) is 0 Å². The van der Waals surface area contributed by atoms with Crippen LogP contribution in [0.5, 0.6) is 0 Å². The number of benzene rings is 1. The number of carboxylic acids is 1. The van der Waals surface area contributed by atoms with E-state index in [-0.39, 0.29) is 5.41 Å². The maximum Gasteiger partial charge on any atom is 0.328 e. The van der Waals surface area contributed by atoms with Gasteiger partial charge in [-0.1, -0.05) is 65.0 Å². The van der Waals surface area contributed by atoms with E-state index in [0.29, 0.717) is 30.3 Å². The largest absolute Gasteiger partial charge is 0.478 e. The second kappa shape index (κ2) is 8.43. The fraction of sp³-hybridized carbons (Fsp3) is 0.542. The molecule has 1 saturated carbocycles. The van der Waals surface area contributed by atoms with E-state index in [2.05, 4.69) is 58.9 Å². The molecule has 148 valence electrons. The lowest BCUT2D eigenvalue weighted by Crippen LogP contribution is -2.10. The number of hydrogen-bond donors (Lipinski definition) is 1. The van der Waals surface area contributed by atoms with E-state index >= 15 is 0 Å². The van der Waals surface area contributed by atoms with Gasteiger partial charge < -0.3 is 9.84 Å². The average molecular weight is 371 g/mol. The van der Waals surface area contributed by atoms with Crippen molar-refractivity contribution in [2.24, 2.45) is 11.8 Å². The Morgan fingerprint density at radius 1 is 1.19 bits per heavy atom. The van der Waals surface area contributed by atoms with Gasteiger partial charge in [-0.3, -0.25) is 0 Å². The van der Waals surface area contributed by atoms with Crippen molar-refractivity contribution in [3.05, 3.63) is 58.7 Å². The van der Waals surface area contributed by atoms with E-state index in [4.69, 9.17) is 9.84 Å². The molecule has 3 nitrogen and oxygen atoms in total. The van der Waals surface area contributed by atoms with Crippen LogP contribution in [0.3, 0.4) is 0 Å². The highest BCUT2D eigenvalue weighted by atomic mass is 16.5. The quantitative estimate of drug-likeness (QED) is 0.474. The Morgan fingerprint density at radius 3 is 2.19 bits per heavy atom. The molecule has 0 heterocycles. The summed E-state index contributed by atoms with van der Waals surface area (Å²) in [5.74, 6) is 0.812. The summed E-state index contributed by atoms with van der Waals surface area (Å²) in [5, 5.41) is 8.92. The maximum absolute atomic E-state index is 10.9. The van der Waals surface area contributed by atoms with Gasteiger partial charge in [-0.15, -0.1) is 0 Å². The van der Waals surface area contributed by atoms with Crippen LogP contribution >= 0.6 is 0 Å². The first-order valence-corrected chi connectivity index (χ1v) is 9.85. The van der Waals surface area contributed by atoms with E-state index in [0.717, 1.165) is 5.57 Å². The second-order valence-electron chi connectivity index (χ2n) is 8.65. The highest BCUT2D eigenvalue weighted by Crippen LogP contribution is 2.61. The van der Waals surface area contributed by atoms with E-state index in [1.54, 1.807) is 7.11 Å². The van der Waals surface area contributed by atoms with Crippen molar-refractivity contribution in [3.8, 4) is 0 Å². The third kappa shape index (κ3) is 4.70. The van der Waals surface area contributed by atoms with Gasteiger partial charge in [0.15, 0.2) is 0 Å². The highest BCUT2D eigenvalue weighted by molar-refractivity contribution is 5.81. The predicted octanol–water partition coefficient (Wildman–Crippen LogP) is 5.67. The number of allylic oxidation sites excluding steroid dienone is 3. The summed E-state index contributed by atoms with van der Waals surface area (Å²) in [7, 11) is 1.75. The predicted molar refractivity (Wildman–Crippen MR) is 111 cm³/mol. The fourth-order valence-corrected chi connectivity index (χ4v) is 3.99. The molecule has 1 aliphatic carbocycles. The Hall–Kier alpha value is -1.87. The summed E-state index contributed by atoms with van der Waals surface area (Å²) in [4.78, 5) is 10.9. The lowest BCUT2D eigenvalue weighted by Gasteiger charge is -2.19. The average Bonchev–Trinajstić information content (AvgIpc) is 3.16. The van der Waals surface area contributed by atoms with Gasteiger partial charge in [-0.05, 0) is 52.9 Å². The Labute approximate surface area is 164 Å². The van der Waals surface area contributed by atoms with Gasteiger partial charge in [-0.25, -0.2) is 4.79 Å². The Bertz CT molecular complexity index is 716. The molecule has 1 aromatic rings. The molecule has 0 saturated heterocycles. The minimum atomic E-state index is -0.907. The molecule has 1 fully saturated rings. The third-order valence-corrected chi connectivity index (χ3v) is 5.98. The van der Waals surface area contributed by atoms with Crippen LogP contribution < -0.4 is 0 Å². The van der Waals surface area contributed by atoms with E-state index < -0.39 is 5.97 Å². The van der Waals surface area contributed by atoms with Crippen molar-refractivity contribution in [2.45, 2.75) is 58.8 Å². The van der Waals surface area contributed by atoms with Crippen molar-refractivity contribution in [1.29, 1.82) is 0 Å². The monoisotopic (exact) mass is 370 g/mol. The van der Waals surface area contributed by atoms with Crippen LogP contribution in [0.4, 0.5) is 0 Å². The number of methoxy groups -OCH3 is 1. The zero-order valence-electron chi connectivity index (χ0n) is 17.7. The van der Waals surface area contributed by atoms with Gasteiger partial charge >= 0.3 is 5.97 Å². The van der Waals surface area contributed by atoms with Crippen LogP contribution in [0, 0.1) is 11.8 Å². The number of ether oxygens (including phenoxy) is 1. The van der Waals surface area contributed by atoms with Gasteiger partial charge in [0.1, 0.15) is 0 Å². The summed E-state index contributed by atoms with van der Waals surface area (Å²) in [6.07, 6.45) is 5.34. The van der Waals surface area contributed by atoms with Crippen molar-refractivity contribution >= 4 is 5.97 Å². The molecule has 3 atom stereocenters. The van der Waals surface area contributed by atoms with Crippen LogP contribution in [0.15, 0.2) is 42.0 Å². The summed E-state index contributed by atoms with van der Waals surface area (Å²) < 4.78 is 5.50. The van der Waals surface area contributed by atoms with Crippen molar-refractivity contribution < 1.29 is 14.6 Å². The molecule has 1 N–H and O–H groups in total. The SMILES string of the molecule is COC[C@@H]1[C@@H](/C=C/C(C)=C/C(=O)O)[C@@]1(C)c1cc(C(C)C)cc(C(C)C)c1. The molecule has 1 aliphatic rings. The topological polar surface area (TPSA) is 46.5 Å². The number of rotatable bonds is 8. The lowest BCUT2D eigenvalue weighted by atomic mass is 9.86. The minimum Gasteiger partial charge on any atom is -0.478 e. The van der Waals surface area contributed by atoms with Gasteiger partial charge in [0.05, 0.1) is 6.61 Å². The molecular formula is C24H34O3.